The van der Waals surface area contributed by atoms with E-state index in [2.05, 4.69) is 10.6 Å². The molecule has 0 aliphatic carbocycles. The number of nitrogens with zero attached hydrogens (tertiary/aromatic N) is 1. The number of carboxylic acid groups (broad SMARTS) is 1. The molecule has 1 rings (SSSR count). The molecule has 1 aliphatic rings. The van der Waals surface area contributed by atoms with E-state index in [1.165, 1.54) is 6.92 Å². The lowest BCUT2D eigenvalue weighted by molar-refractivity contribution is -0.138. The van der Waals surface area contributed by atoms with Crippen molar-refractivity contribution in [3.05, 3.63) is 0 Å². The van der Waals surface area contributed by atoms with Crippen LogP contribution in [-0.4, -0.2) is 59.4 Å². The number of aliphatic carboxylic acids is 1. The number of hydrogen-bond donors (Lipinski definition) is 3. The topological polar surface area (TPSA) is 116 Å². The number of hydrogen-bond acceptors (Lipinski definition) is 4. The molecule has 1 aliphatic heterocycles. The normalized spacial score (nSPS) is 17.4. The lowest BCUT2D eigenvalue weighted by atomic mass is 10.2. The van der Waals surface area contributed by atoms with Crippen LogP contribution in [0.15, 0.2) is 0 Å². The summed E-state index contributed by atoms with van der Waals surface area (Å²) in [6, 6.07) is -0.426. The van der Waals surface area contributed by atoms with Crippen LogP contribution in [0.5, 0.6) is 0 Å². The molecule has 0 radical (unpaired) electrons. The Kier molecular flexibility index (Phi) is 6.64. The van der Waals surface area contributed by atoms with Crippen LogP contribution in [0.2, 0.25) is 0 Å². The van der Waals surface area contributed by atoms with Crippen molar-refractivity contribution >= 4 is 23.7 Å². The zero-order valence-electron chi connectivity index (χ0n) is 12.1. The second kappa shape index (κ2) is 8.23. The first kappa shape index (κ1) is 16.9. The summed E-state index contributed by atoms with van der Waals surface area (Å²) in [5.41, 5.74) is 0. The molecule has 8 heteroatoms. The summed E-state index contributed by atoms with van der Waals surface area (Å²) in [5.74, 6) is -1.72. The van der Waals surface area contributed by atoms with Crippen LogP contribution >= 0.6 is 0 Å². The fourth-order valence-corrected chi connectivity index (χ4v) is 2.23. The van der Waals surface area contributed by atoms with Crippen molar-refractivity contribution in [2.75, 3.05) is 19.6 Å². The quantitative estimate of drug-likeness (QED) is 0.527. The van der Waals surface area contributed by atoms with Crippen molar-refractivity contribution in [2.24, 2.45) is 0 Å². The van der Waals surface area contributed by atoms with Gasteiger partial charge in [-0.2, -0.15) is 0 Å². The van der Waals surface area contributed by atoms with Crippen molar-refractivity contribution in [2.45, 2.75) is 38.6 Å². The van der Waals surface area contributed by atoms with Gasteiger partial charge in [-0.25, -0.2) is 0 Å². The van der Waals surface area contributed by atoms with Gasteiger partial charge >= 0.3 is 5.97 Å². The fraction of sp³-hybridized carbons (Fsp3) is 0.692. The van der Waals surface area contributed by atoms with Gasteiger partial charge in [0.1, 0.15) is 6.04 Å². The summed E-state index contributed by atoms with van der Waals surface area (Å²) >= 11 is 0. The van der Waals surface area contributed by atoms with Gasteiger partial charge in [-0.1, -0.05) is 0 Å². The summed E-state index contributed by atoms with van der Waals surface area (Å²) in [5, 5.41) is 13.6. The standard InChI is InChI=1S/C13H21N3O5/c1-9(17)16-8-2-3-10(16)13(21)15-7-6-14-11(18)4-5-12(19)20/h10H,2-8H2,1H3,(H,14,18)(H,15,21)(H,19,20). The highest BCUT2D eigenvalue weighted by molar-refractivity contribution is 5.87. The molecule has 1 unspecified atom stereocenters. The van der Waals surface area contributed by atoms with Gasteiger partial charge in [-0.05, 0) is 12.8 Å². The van der Waals surface area contributed by atoms with E-state index < -0.39 is 12.0 Å². The number of nitrogens with one attached hydrogen (secondary N) is 2. The molecule has 3 amide bonds. The summed E-state index contributed by atoms with van der Waals surface area (Å²) in [6.45, 7) is 2.52. The van der Waals surface area contributed by atoms with E-state index in [0.717, 1.165) is 6.42 Å². The minimum Gasteiger partial charge on any atom is -0.481 e. The Balaban J connectivity index is 2.20. The van der Waals surface area contributed by atoms with Crippen LogP contribution in [0, 0.1) is 0 Å². The average Bonchev–Trinajstić information content (AvgIpc) is 2.90. The van der Waals surface area contributed by atoms with Gasteiger partial charge < -0.3 is 20.6 Å². The van der Waals surface area contributed by atoms with Crippen molar-refractivity contribution in [1.82, 2.24) is 15.5 Å². The second-order valence-corrected chi connectivity index (χ2v) is 4.91. The van der Waals surface area contributed by atoms with Gasteiger partial charge in [0.25, 0.3) is 0 Å². The molecular formula is C13H21N3O5. The van der Waals surface area contributed by atoms with Crippen LogP contribution in [0.4, 0.5) is 0 Å². The van der Waals surface area contributed by atoms with Crippen molar-refractivity contribution < 1.29 is 24.3 Å². The Morgan fingerprint density at radius 3 is 2.43 bits per heavy atom. The van der Waals surface area contributed by atoms with Gasteiger partial charge in [-0.3, -0.25) is 19.2 Å². The van der Waals surface area contributed by atoms with Gasteiger partial charge in [0.15, 0.2) is 0 Å². The monoisotopic (exact) mass is 299 g/mol. The molecule has 0 saturated carbocycles. The van der Waals surface area contributed by atoms with E-state index >= 15 is 0 Å². The van der Waals surface area contributed by atoms with E-state index in [0.29, 0.717) is 13.0 Å². The lowest BCUT2D eigenvalue weighted by Crippen LogP contribution is -2.46. The lowest BCUT2D eigenvalue weighted by Gasteiger charge is -2.22. The summed E-state index contributed by atoms with van der Waals surface area (Å²) in [7, 11) is 0. The highest BCUT2D eigenvalue weighted by Crippen LogP contribution is 2.17. The van der Waals surface area contributed by atoms with Gasteiger partial charge in [0.2, 0.25) is 17.7 Å². The zero-order chi connectivity index (χ0) is 15.8. The number of amides is 3. The number of carboxylic acids is 1. The Morgan fingerprint density at radius 2 is 1.81 bits per heavy atom. The predicted molar refractivity (Wildman–Crippen MR) is 73.3 cm³/mol. The maximum Gasteiger partial charge on any atom is 0.303 e. The molecule has 118 valence electrons. The summed E-state index contributed by atoms with van der Waals surface area (Å²) in [6.07, 6.45) is 1.16. The van der Waals surface area contributed by atoms with Crippen LogP contribution < -0.4 is 10.6 Å². The molecular weight excluding hydrogens is 278 g/mol. The van der Waals surface area contributed by atoms with Crippen LogP contribution in [0.3, 0.4) is 0 Å². The largest absolute Gasteiger partial charge is 0.481 e. The van der Waals surface area contributed by atoms with E-state index in [-0.39, 0.29) is 43.7 Å². The highest BCUT2D eigenvalue weighted by Gasteiger charge is 2.31. The van der Waals surface area contributed by atoms with E-state index in [4.69, 9.17) is 5.11 Å². The molecule has 3 N–H and O–H groups in total. The Morgan fingerprint density at radius 1 is 1.14 bits per heavy atom. The highest BCUT2D eigenvalue weighted by atomic mass is 16.4. The maximum atomic E-state index is 11.9. The van der Waals surface area contributed by atoms with Gasteiger partial charge in [0.05, 0.1) is 6.42 Å². The summed E-state index contributed by atoms with van der Waals surface area (Å²) in [4.78, 5) is 46.4. The Hall–Kier alpha value is -2.12. The number of carbonyl (C=O) groups excluding carboxylic acids is 3. The van der Waals surface area contributed by atoms with E-state index in [1.807, 2.05) is 0 Å². The molecule has 1 heterocycles. The molecule has 21 heavy (non-hydrogen) atoms. The smallest absolute Gasteiger partial charge is 0.303 e. The third-order valence-electron chi connectivity index (χ3n) is 3.27. The number of carbonyl (C=O) groups is 4. The third-order valence-corrected chi connectivity index (χ3v) is 3.27. The van der Waals surface area contributed by atoms with Crippen molar-refractivity contribution in [3.63, 3.8) is 0 Å². The fourth-order valence-electron chi connectivity index (χ4n) is 2.23. The molecule has 0 aromatic heterocycles. The van der Waals surface area contributed by atoms with Crippen LogP contribution in [-0.2, 0) is 19.2 Å². The van der Waals surface area contributed by atoms with Crippen LogP contribution in [0.1, 0.15) is 32.6 Å². The first-order chi connectivity index (χ1) is 9.91. The SMILES string of the molecule is CC(=O)N1CCCC1C(=O)NCCNC(=O)CCC(=O)O. The Bertz CT molecular complexity index is 424. The molecule has 1 atom stereocenters. The molecule has 0 bridgehead atoms. The number of rotatable bonds is 7. The first-order valence-corrected chi connectivity index (χ1v) is 6.95. The molecule has 0 aromatic carbocycles. The Labute approximate surface area is 122 Å². The molecule has 1 fully saturated rings. The molecule has 0 aromatic rings. The number of likely N-dealkylation sites (tertiary alicyclic amines) is 1. The third kappa shape index (κ3) is 5.80. The average molecular weight is 299 g/mol. The van der Waals surface area contributed by atoms with E-state index in [1.54, 1.807) is 4.90 Å². The molecule has 1 saturated heterocycles. The van der Waals surface area contributed by atoms with Crippen LogP contribution in [0.25, 0.3) is 0 Å². The maximum absolute atomic E-state index is 11.9. The predicted octanol–water partition coefficient (Wildman–Crippen LogP) is -0.905. The van der Waals surface area contributed by atoms with Gasteiger partial charge in [-0.15, -0.1) is 0 Å². The van der Waals surface area contributed by atoms with Gasteiger partial charge in [0, 0.05) is 33.0 Å². The second-order valence-electron chi connectivity index (χ2n) is 4.91. The minimum absolute atomic E-state index is 0.0793. The summed E-state index contributed by atoms with van der Waals surface area (Å²) < 4.78 is 0. The molecule has 8 nitrogen and oxygen atoms in total. The van der Waals surface area contributed by atoms with Crippen molar-refractivity contribution in [1.29, 1.82) is 0 Å². The zero-order valence-corrected chi connectivity index (χ0v) is 12.1. The minimum atomic E-state index is -1.02. The first-order valence-electron chi connectivity index (χ1n) is 6.95. The van der Waals surface area contributed by atoms with Crippen molar-refractivity contribution in [3.8, 4) is 0 Å². The van der Waals surface area contributed by atoms with E-state index in [9.17, 15) is 19.2 Å². The molecule has 0 spiro atoms.